The van der Waals surface area contributed by atoms with Crippen molar-refractivity contribution in [1.82, 2.24) is 19.6 Å². The monoisotopic (exact) mass is 482 g/mol. The number of hydrogen-bond donors (Lipinski definition) is 2. The fraction of sp³-hybridized carbons (Fsp3) is 0.792. The van der Waals surface area contributed by atoms with Gasteiger partial charge in [0.2, 0.25) is 5.91 Å². The zero-order chi connectivity index (χ0) is 25.3. The molecule has 2 heterocycles. The summed E-state index contributed by atoms with van der Waals surface area (Å²) in [6.45, 7) is 9.52. The number of aliphatic hydroxyl groups excluding tert-OH is 2. The maximum Gasteiger partial charge on any atom is 0.257 e. The van der Waals surface area contributed by atoms with Crippen LogP contribution >= 0.6 is 0 Å². The van der Waals surface area contributed by atoms with E-state index in [0.29, 0.717) is 57.2 Å². The van der Waals surface area contributed by atoms with Crippen LogP contribution in [0.15, 0.2) is 6.20 Å². The second kappa shape index (κ2) is 13.8. The average Bonchev–Trinajstić information content (AvgIpc) is 3.12. The number of nitrogens with zero attached hydrogens (tertiary/aromatic N) is 4. The standard InChI is InChI=1S/C24H42N4O6/c1-17(2)8-13-34-22-15-28(19(4)29)11-10-27(24(32)20-14-25-26(5)18(20)3)9-6-7-12-33-16-21(30)23(22)31/h14,17,21-23,30-31H,6-13,15-16H2,1-5H3/t21-,22-,23-/m1/s1. The zero-order valence-electron chi connectivity index (χ0n) is 21.3. The largest absolute Gasteiger partial charge is 0.388 e. The Bertz CT molecular complexity index is 784. The predicted octanol–water partition coefficient (Wildman–Crippen LogP) is 0.983. The summed E-state index contributed by atoms with van der Waals surface area (Å²) in [6.07, 6.45) is 0.691. The van der Waals surface area contributed by atoms with E-state index >= 15 is 0 Å². The van der Waals surface area contributed by atoms with Gasteiger partial charge in [-0.05, 0) is 32.1 Å². The average molecular weight is 483 g/mol. The van der Waals surface area contributed by atoms with Crippen molar-refractivity contribution in [2.24, 2.45) is 13.0 Å². The number of hydrogen-bond acceptors (Lipinski definition) is 7. The number of amides is 2. The normalized spacial score (nSPS) is 23.7. The minimum atomic E-state index is -1.20. The summed E-state index contributed by atoms with van der Waals surface area (Å²) in [4.78, 5) is 29.0. The Morgan fingerprint density at radius 1 is 1.21 bits per heavy atom. The topological polar surface area (TPSA) is 117 Å². The molecule has 1 aliphatic rings. The number of aliphatic hydroxyl groups is 2. The van der Waals surface area contributed by atoms with Crippen LogP contribution in [0.5, 0.6) is 0 Å². The molecule has 10 heteroatoms. The van der Waals surface area contributed by atoms with Crippen LogP contribution in [-0.4, -0.2) is 106 Å². The molecule has 3 atom stereocenters. The van der Waals surface area contributed by atoms with Gasteiger partial charge in [-0.15, -0.1) is 0 Å². The molecule has 0 unspecified atom stereocenters. The highest BCUT2D eigenvalue weighted by molar-refractivity contribution is 5.95. The van der Waals surface area contributed by atoms with E-state index in [2.05, 4.69) is 18.9 Å². The van der Waals surface area contributed by atoms with E-state index in [1.54, 1.807) is 27.7 Å². The molecule has 34 heavy (non-hydrogen) atoms. The molecular formula is C24H42N4O6. The van der Waals surface area contributed by atoms with Crippen LogP contribution in [0.2, 0.25) is 0 Å². The summed E-state index contributed by atoms with van der Waals surface area (Å²) < 4.78 is 13.2. The second-order valence-corrected chi connectivity index (χ2v) is 9.46. The van der Waals surface area contributed by atoms with Gasteiger partial charge in [0.15, 0.2) is 0 Å². The molecule has 0 aliphatic carbocycles. The fourth-order valence-electron chi connectivity index (χ4n) is 3.80. The molecule has 1 aromatic heterocycles. The van der Waals surface area contributed by atoms with Crippen molar-refractivity contribution in [2.45, 2.75) is 65.3 Å². The summed E-state index contributed by atoms with van der Waals surface area (Å²) >= 11 is 0. The quantitative estimate of drug-likeness (QED) is 0.642. The highest BCUT2D eigenvalue weighted by atomic mass is 16.5. The molecule has 1 aliphatic heterocycles. The fourth-order valence-corrected chi connectivity index (χ4v) is 3.80. The van der Waals surface area contributed by atoms with Crippen LogP contribution in [-0.2, 0) is 21.3 Å². The lowest BCUT2D eigenvalue weighted by Crippen LogP contribution is -2.50. The predicted molar refractivity (Wildman–Crippen MR) is 127 cm³/mol. The number of aryl methyl sites for hydroxylation is 1. The third-order valence-corrected chi connectivity index (χ3v) is 6.30. The lowest BCUT2D eigenvalue weighted by Gasteiger charge is -2.33. The lowest BCUT2D eigenvalue weighted by molar-refractivity contribution is -0.140. The van der Waals surface area contributed by atoms with Crippen LogP contribution in [0.1, 0.15) is 56.1 Å². The number of rotatable bonds is 5. The van der Waals surface area contributed by atoms with Crippen LogP contribution in [0.25, 0.3) is 0 Å². The van der Waals surface area contributed by atoms with Gasteiger partial charge in [-0.1, -0.05) is 13.8 Å². The van der Waals surface area contributed by atoms with Gasteiger partial charge in [0, 0.05) is 59.1 Å². The molecule has 10 nitrogen and oxygen atoms in total. The van der Waals surface area contributed by atoms with Crippen molar-refractivity contribution < 1.29 is 29.3 Å². The SMILES string of the molecule is CC(=O)N1CCN(C(=O)c2cnn(C)c2C)CCCCOC[C@@H](O)[C@@H](O)[C@H](OCCC(C)C)C1. The van der Waals surface area contributed by atoms with Crippen LogP contribution in [0, 0.1) is 12.8 Å². The minimum Gasteiger partial charge on any atom is -0.388 e. The van der Waals surface area contributed by atoms with E-state index in [9.17, 15) is 19.8 Å². The summed E-state index contributed by atoms with van der Waals surface area (Å²) in [7, 11) is 1.79. The maximum absolute atomic E-state index is 13.3. The summed E-state index contributed by atoms with van der Waals surface area (Å²) in [6, 6.07) is 0. The highest BCUT2D eigenvalue weighted by Crippen LogP contribution is 2.14. The third kappa shape index (κ3) is 8.33. The molecule has 2 rings (SSSR count). The summed E-state index contributed by atoms with van der Waals surface area (Å²) in [5.41, 5.74) is 1.33. The first kappa shape index (κ1) is 28.2. The molecule has 0 saturated carbocycles. The van der Waals surface area contributed by atoms with Gasteiger partial charge in [-0.2, -0.15) is 5.10 Å². The van der Waals surface area contributed by atoms with Crippen molar-refractivity contribution in [3.63, 3.8) is 0 Å². The lowest BCUT2D eigenvalue weighted by atomic mass is 10.1. The number of ether oxygens (including phenoxy) is 2. The Morgan fingerprint density at radius 2 is 1.91 bits per heavy atom. The van der Waals surface area contributed by atoms with Crippen molar-refractivity contribution in [1.29, 1.82) is 0 Å². The van der Waals surface area contributed by atoms with Gasteiger partial charge in [0.1, 0.15) is 18.3 Å². The van der Waals surface area contributed by atoms with E-state index in [1.165, 1.54) is 6.92 Å². The first-order valence-electron chi connectivity index (χ1n) is 12.2. The van der Waals surface area contributed by atoms with Crippen molar-refractivity contribution in [2.75, 3.05) is 46.0 Å². The third-order valence-electron chi connectivity index (χ3n) is 6.30. The summed E-state index contributed by atoms with van der Waals surface area (Å²) in [5.74, 6) is 0.109. The van der Waals surface area contributed by atoms with Gasteiger partial charge >= 0.3 is 0 Å². The number of aromatic nitrogens is 2. The Hall–Kier alpha value is -2.01. The van der Waals surface area contributed by atoms with E-state index in [-0.39, 0.29) is 25.0 Å². The second-order valence-electron chi connectivity index (χ2n) is 9.46. The van der Waals surface area contributed by atoms with E-state index in [0.717, 1.165) is 12.1 Å². The van der Waals surface area contributed by atoms with Crippen molar-refractivity contribution in [3.05, 3.63) is 17.5 Å². The zero-order valence-corrected chi connectivity index (χ0v) is 21.3. The summed E-state index contributed by atoms with van der Waals surface area (Å²) in [5, 5.41) is 25.4. The van der Waals surface area contributed by atoms with Crippen molar-refractivity contribution in [3.8, 4) is 0 Å². The molecule has 0 spiro atoms. The first-order valence-corrected chi connectivity index (χ1v) is 12.2. The Morgan fingerprint density at radius 3 is 2.53 bits per heavy atom. The van der Waals surface area contributed by atoms with Gasteiger partial charge in [-0.3, -0.25) is 14.3 Å². The van der Waals surface area contributed by atoms with Crippen molar-refractivity contribution >= 4 is 11.8 Å². The van der Waals surface area contributed by atoms with Gasteiger partial charge in [0.25, 0.3) is 5.91 Å². The Kier molecular flexibility index (Phi) is 11.4. The molecule has 0 aromatic carbocycles. The molecule has 0 bridgehead atoms. The number of carbonyl (C=O) groups is 2. The molecule has 1 saturated heterocycles. The molecule has 2 amide bonds. The number of carbonyl (C=O) groups excluding carboxylic acids is 2. The van der Waals surface area contributed by atoms with Gasteiger partial charge in [0.05, 0.1) is 18.4 Å². The van der Waals surface area contributed by atoms with E-state index < -0.39 is 18.3 Å². The van der Waals surface area contributed by atoms with Gasteiger partial charge < -0.3 is 29.5 Å². The molecular weight excluding hydrogens is 440 g/mol. The molecule has 194 valence electrons. The first-order chi connectivity index (χ1) is 16.1. The highest BCUT2D eigenvalue weighted by Gasteiger charge is 2.31. The molecule has 1 fully saturated rings. The maximum atomic E-state index is 13.3. The smallest absolute Gasteiger partial charge is 0.257 e. The molecule has 1 aromatic rings. The molecule has 0 radical (unpaired) electrons. The Labute approximate surface area is 202 Å². The van der Waals surface area contributed by atoms with E-state index in [4.69, 9.17) is 9.47 Å². The van der Waals surface area contributed by atoms with Gasteiger partial charge in [-0.25, -0.2) is 0 Å². The molecule has 2 N–H and O–H groups in total. The van der Waals surface area contributed by atoms with Crippen LogP contribution < -0.4 is 0 Å². The van der Waals surface area contributed by atoms with Crippen LogP contribution in [0.3, 0.4) is 0 Å². The van der Waals surface area contributed by atoms with Crippen LogP contribution in [0.4, 0.5) is 0 Å². The van der Waals surface area contributed by atoms with E-state index in [1.807, 2.05) is 6.92 Å². The minimum absolute atomic E-state index is 0.0250. The Balaban J connectivity index is 2.20.